The van der Waals surface area contributed by atoms with Crippen molar-refractivity contribution < 1.29 is 13.9 Å². The summed E-state index contributed by atoms with van der Waals surface area (Å²) in [5, 5.41) is 0. The van der Waals surface area contributed by atoms with Gasteiger partial charge < -0.3 is 20.3 Å². The Balaban J connectivity index is 1.76. The molecule has 2 N–H and O–H groups in total. The molecule has 7 heteroatoms. The number of benzene rings is 1. The van der Waals surface area contributed by atoms with E-state index in [1.807, 2.05) is 4.90 Å². The van der Waals surface area contributed by atoms with Crippen molar-refractivity contribution >= 4 is 17.5 Å². The molecule has 0 saturated carbocycles. The number of anilines is 2. The number of likely N-dealkylation sites (N-methyl/N-ethyl adjacent to an activating group) is 1. The van der Waals surface area contributed by atoms with Gasteiger partial charge in [0.1, 0.15) is 11.9 Å². The molecule has 1 aromatic rings. The first kappa shape index (κ1) is 15.1. The molecule has 0 radical (unpaired) electrons. The highest BCUT2D eigenvalue weighted by Gasteiger charge is 2.32. The summed E-state index contributed by atoms with van der Waals surface area (Å²) in [7, 11) is 2.06. The topological polar surface area (TPSA) is 62.0 Å². The van der Waals surface area contributed by atoms with E-state index in [-0.39, 0.29) is 18.5 Å². The standard InChI is InChI=1S/C15H21FN4O2/c1-18-4-6-19(7-5-18)14-3-2-11(8-13(14)16)20-10-12(9-17)22-15(20)21/h2-3,8,12H,4-7,9-10,17H2,1H3/t12-/m0/s1. The summed E-state index contributed by atoms with van der Waals surface area (Å²) in [6.07, 6.45) is -0.796. The molecule has 1 amide bonds. The number of carbonyl (C=O) groups excluding carboxylic acids is 1. The Hall–Kier alpha value is -1.86. The molecule has 0 aromatic heterocycles. The SMILES string of the molecule is CN1CCN(c2ccc(N3C[C@H](CN)OC3=O)cc2F)CC1. The number of carbonyl (C=O) groups is 1. The third-order valence-electron chi connectivity index (χ3n) is 4.22. The van der Waals surface area contributed by atoms with Crippen molar-refractivity contribution in [2.24, 2.45) is 5.73 Å². The summed E-state index contributed by atoms with van der Waals surface area (Å²) in [6.45, 7) is 4.06. The van der Waals surface area contributed by atoms with Crippen molar-refractivity contribution in [2.75, 3.05) is 56.1 Å². The minimum absolute atomic E-state index is 0.268. The summed E-state index contributed by atoms with van der Waals surface area (Å²) >= 11 is 0. The lowest BCUT2D eigenvalue weighted by molar-refractivity contribution is 0.145. The molecule has 0 aliphatic carbocycles. The second-order valence-corrected chi connectivity index (χ2v) is 5.78. The lowest BCUT2D eigenvalue weighted by Crippen LogP contribution is -2.44. The predicted octanol–water partition coefficient (Wildman–Crippen LogP) is 0.861. The van der Waals surface area contributed by atoms with E-state index in [1.165, 1.54) is 11.0 Å². The van der Waals surface area contributed by atoms with Crippen LogP contribution in [0.2, 0.25) is 0 Å². The second kappa shape index (κ2) is 6.10. The number of ether oxygens (including phenoxy) is 1. The van der Waals surface area contributed by atoms with E-state index in [2.05, 4.69) is 11.9 Å². The van der Waals surface area contributed by atoms with Crippen molar-refractivity contribution in [3.8, 4) is 0 Å². The number of piperazine rings is 1. The Morgan fingerprint density at radius 1 is 1.32 bits per heavy atom. The third kappa shape index (κ3) is 2.86. The van der Waals surface area contributed by atoms with Gasteiger partial charge in [-0.05, 0) is 25.2 Å². The Kier molecular flexibility index (Phi) is 4.17. The first-order valence-corrected chi connectivity index (χ1v) is 7.49. The summed E-state index contributed by atoms with van der Waals surface area (Å²) in [4.78, 5) is 17.5. The molecule has 2 aliphatic heterocycles. The zero-order valence-corrected chi connectivity index (χ0v) is 12.7. The van der Waals surface area contributed by atoms with Crippen LogP contribution in [0.15, 0.2) is 18.2 Å². The van der Waals surface area contributed by atoms with Crippen LogP contribution in [0.4, 0.5) is 20.6 Å². The number of nitrogens with zero attached hydrogens (tertiary/aromatic N) is 3. The number of halogens is 1. The van der Waals surface area contributed by atoms with Crippen LogP contribution in [0.25, 0.3) is 0 Å². The van der Waals surface area contributed by atoms with Crippen molar-refractivity contribution in [2.45, 2.75) is 6.10 Å². The van der Waals surface area contributed by atoms with Crippen LogP contribution in [0, 0.1) is 5.82 Å². The summed E-state index contributed by atoms with van der Waals surface area (Å²) in [5.41, 5.74) is 6.60. The maximum absolute atomic E-state index is 14.4. The van der Waals surface area contributed by atoms with E-state index < -0.39 is 6.09 Å². The van der Waals surface area contributed by atoms with Gasteiger partial charge in [0.25, 0.3) is 0 Å². The average Bonchev–Trinajstić information content (AvgIpc) is 2.89. The largest absolute Gasteiger partial charge is 0.443 e. The molecule has 1 aromatic carbocycles. The lowest BCUT2D eigenvalue weighted by atomic mass is 10.2. The van der Waals surface area contributed by atoms with Gasteiger partial charge in [0.2, 0.25) is 0 Å². The molecule has 120 valence electrons. The van der Waals surface area contributed by atoms with E-state index in [9.17, 15) is 9.18 Å². The van der Waals surface area contributed by atoms with Gasteiger partial charge in [0.05, 0.1) is 17.9 Å². The van der Waals surface area contributed by atoms with E-state index in [1.54, 1.807) is 12.1 Å². The molecular formula is C15H21FN4O2. The third-order valence-corrected chi connectivity index (χ3v) is 4.22. The molecule has 6 nitrogen and oxygen atoms in total. The minimum atomic E-state index is -0.470. The first-order valence-electron chi connectivity index (χ1n) is 7.49. The van der Waals surface area contributed by atoms with Crippen LogP contribution >= 0.6 is 0 Å². The van der Waals surface area contributed by atoms with Gasteiger partial charge in [-0.15, -0.1) is 0 Å². The molecule has 2 saturated heterocycles. The van der Waals surface area contributed by atoms with E-state index in [0.29, 0.717) is 17.9 Å². The van der Waals surface area contributed by atoms with Crippen LogP contribution < -0.4 is 15.5 Å². The Labute approximate surface area is 129 Å². The Morgan fingerprint density at radius 2 is 2.05 bits per heavy atom. The summed E-state index contributed by atoms with van der Waals surface area (Å²) in [5.74, 6) is -0.314. The number of cyclic esters (lactones) is 1. The minimum Gasteiger partial charge on any atom is -0.443 e. The quantitative estimate of drug-likeness (QED) is 0.897. The van der Waals surface area contributed by atoms with Gasteiger partial charge >= 0.3 is 6.09 Å². The fourth-order valence-corrected chi connectivity index (χ4v) is 2.82. The molecule has 22 heavy (non-hydrogen) atoms. The van der Waals surface area contributed by atoms with Gasteiger partial charge in [-0.3, -0.25) is 4.90 Å². The number of amides is 1. The normalized spacial score (nSPS) is 23.0. The van der Waals surface area contributed by atoms with Crippen LogP contribution in [0.1, 0.15) is 0 Å². The smallest absolute Gasteiger partial charge is 0.414 e. The maximum Gasteiger partial charge on any atom is 0.414 e. The van der Waals surface area contributed by atoms with E-state index in [0.717, 1.165) is 26.2 Å². The van der Waals surface area contributed by atoms with Crippen LogP contribution in [0.5, 0.6) is 0 Å². The molecule has 1 atom stereocenters. The highest BCUT2D eigenvalue weighted by Crippen LogP contribution is 2.28. The van der Waals surface area contributed by atoms with Crippen molar-refractivity contribution in [3.63, 3.8) is 0 Å². The lowest BCUT2D eigenvalue weighted by Gasteiger charge is -2.34. The molecule has 2 fully saturated rings. The van der Waals surface area contributed by atoms with Gasteiger partial charge in [0, 0.05) is 32.7 Å². The zero-order chi connectivity index (χ0) is 15.7. The van der Waals surface area contributed by atoms with Gasteiger partial charge in [-0.25, -0.2) is 9.18 Å². The fourth-order valence-electron chi connectivity index (χ4n) is 2.82. The number of hydrogen-bond acceptors (Lipinski definition) is 5. The summed E-state index contributed by atoms with van der Waals surface area (Å²) < 4.78 is 19.5. The molecular weight excluding hydrogens is 287 g/mol. The van der Waals surface area contributed by atoms with Crippen molar-refractivity contribution in [1.82, 2.24) is 4.90 Å². The van der Waals surface area contributed by atoms with Crippen molar-refractivity contribution in [3.05, 3.63) is 24.0 Å². The first-order chi connectivity index (χ1) is 10.6. The van der Waals surface area contributed by atoms with E-state index >= 15 is 0 Å². The van der Waals surface area contributed by atoms with Gasteiger partial charge in [-0.1, -0.05) is 0 Å². The van der Waals surface area contributed by atoms with Crippen LogP contribution in [-0.4, -0.2) is 63.4 Å². The fraction of sp³-hybridized carbons (Fsp3) is 0.533. The Morgan fingerprint density at radius 3 is 2.64 bits per heavy atom. The average molecular weight is 308 g/mol. The summed E-state index contributed by atoms with van der Waals surface area (Å²) in [6, 6.07) is 4.89. The van der Waals surface area contributed by atoms with Gasteiger partial charge in [0.15, 0.2) is 0 Å². The maximum atomic E-state index is 14.4. The monoisotopic (exact) mass is 308 g/mol. The predicted molar refractivity (Wildman–Crippen MR) is 82.8 cm³/mol. The number of hydrogen-bond donors (Lipinski definition) is 1. The molecule has 2 aliphatic rings. The Bertz CT molecular complexity index is 560. The molecule has 2 heterocycles. The van der Waals surface area contributed by atoms with Gasteiger partial charge in [-0.2, -0.15) is 0 Å². The molecule has 0 unspecified atom stereocenters. The molecule has 3 rings (SSSR count). The van der Waals surface area contributed by atoms with Crippen LogP contribution in [0.3, 0.4) is 0 Å². The number of nitrogens with two attached hydrogens (primary N) is 1. The van der Waals surface area contributed by atoms with E-state index in [4.69, 9.17) is 10.5 Å². The van der Waals surface area contributed by atoms with Crippen molar-refractivity contribution in [1.29, 1.82) is 0 Å². The highest BCUT2D eigenvalue weighted by atomic mass is 19.1. The molecule has 0 bridgehead atoms. The molecule has 0 spiro atoms. The number of rotatable bonds is 3. The highest BCUT2D eigenvalue weighted by molar-refractivity contribution is 5.90. The zero-order valence-electron chi connectivity index (χ0n) is 12.7. The second-order valence-electron chi connectivity index (χ2n) is 5.78. The van der Waals surface area contributed by atoms with Crippen LogP contribution in [-0.2, 0) is 4.74 Å².